The number of hydrogen-bond acceptors (Lipinski definition) is 4. The molecule has 0 aromatic heterocycles. The zero-order valence-corrected chi connectivity index (χ0v) is 12.8. The molecule has 0 radical (unpaired) electrons. The number of hydrogen-bond donors (Lipinski definition) is 2. The van der Waals surface area contributed by atoms with Crippen LogP contribution in [-0.4, -0.2) is 44.8 Å². The standard InChI is InChI=1S/C14H16FN3O3S/c1-9(19)17-14-4-12(2-3-13(14)15)22(20,21)18-7-10-5-16-6-11(10)8-18/h2-4,16H,5-8H2,1H3,(H,17,19). The minimum Gasteiger partial charge on any atom is -0.324 e. The van der Waals surface area contributed by atoms with Crippen molar-refractivity contribution in [2.24, 2.45) is 0 Å². The summed E-state index contributed by atoms with van der Waals surface area (Å²) in [6.07, 6.45) is 0. The van der Waals surface area contributed by atoms with Crippen molar-refractivity contribution < 1.29 is 17.6 Å². The number of carbonyl (C=O) groups is 1. The lowest BCUT2D eigenvalue weighted by molar-refractivity contribution is -0.114. The molecule has 0 bridgehead atoms. The smallest absolute Gasteiger partial charge is 0.243 e. The fraction of sp³-hybridized carbons (Fsp3) is 0.357. The van der Waals surface area contributed by atoms with Gasteiger partial charge in [0.15, 0.2) is 0 Å². The molecule has 1 amide bonds. The van der Waals surface area contributed by atoms with Gasteiger partial charge in [-0.05, 0) is 29.3 Å². The Morgan fingerprint density at radius 3 is 2.50 bits per heavy atom. The van der Waals surface area contributed by atoms with Gasteiger partial charge in [-0.15, -0.1) is 0 Å². The number of anilines is 1. The van der Waals surface area contributed by atoms with Gasteiger partial charge in [-0.1, -0.05) is 0 Å². The van der Waals surface area contributed by atoms with Crippen LogP contribution in [0, 0.1) is 5.82 Å². The van der Waals surface area contributed by atoms with Crippen LogP contribution in [0.2, 0.25) is 0 Å². The van der Waals surface area contributed by atoms with E-state index in [0.717, 1.165) is 23.3 Å². The Labute approximate surface area is 128 Å². The van der Waals surface area contributed by atoms with Crippen LogP contribution in [0.5, 0.6) is 0 Å². The maximum Gasteiger partial charge on any atom is 0.243 e. The van der Waals surface area contributed by atoms with Crippen molar-refractivity contribution >= 4 is 21.6 Å². The first-order chi connectivity index (χ1) is 10.4. The second kappa shape index (κ2) is 5.45. The summed E-state index contributed by atoms with van der Waals surface area (Å²) >= 11 is 0. The highest BCUT2D eigenvalue weighted by atomic mass is 32.2. The maximum absolute atomic E-state index is 13.6. The van der Waals surface area contributed by atoms with Crippen molar-refractivity contribution in [3.8, 4) is 0 Å². The molecular weight excluding hydrogens is 309 g/mol. The molecule has 1 aromatic rings. The molecule has 3 rings (SSSR count). The Hall–Kier alpha value is -1.77. The van der Waals surface area contributed by atoms with E-state index in [4.69, 9.17) is 0 Å². The van der Waals surface area contributed by atoms with Crippen molar-refractivity contribution in [3.05, 3.63) is 35.2 Å². The van der Waals surface area contributed by atoms with Crippen LogP contribution < -0.4 is 10.6 Å². The lowest BCUT2D eigenvalue weighted by Crippen LogP contribution is -2.32. The van der Waals surface area contributed by atoms with Gasteiger partial charge in [0.2, 0.25) is 15.9 Å². The summed E-state index contributed by atoms with van der Waals surface area (Å²) in [5.74, 6) is -1.12. The monoisotopic (exact) mass is 325 g/mol. The average Bonchev–Trinajstić information content (AvgIpc) is 3.01. The van der Waals surface area contributed by atoms with Gasteiger partial charge in [0.25, 0.3) is 0 Å². The van der Waals surface area contributed by atoms with Crippen LogP contribution in [0.3, 0.4) is 0 Å². The van der Waals surface area contributed by atoms with Gasteiger partial charge in [-0.3, -0.25) is 4.79 Å². The molecule has 2 heterocycles. The molecule has 1 aromatic carbocycles. The third-order valence-electron chi connectivity index (χ3n) is 3.80. The van der Waals surface area contributed by atoms with Gasteiger partial charge in [-0.2, -0.15) is 4.31 Å². The van der Waals surface area contributed by atoms with E-state index >= 15 is 0 Å². The number of sulfonamides is 1. The minimum absolute atomic E-state index is 0.0215. The number of halogens is 1. The zero-order valence-electron chi connectivity index (χ0n) is 12.0. The maximum atomic E-state index is 13.6. The summed E-state index contributed by atoms with van der Waals surface area (Å²) in [5, 5.41) is 5.48. The summed E-state index contributed by atoms with van der Waals surface area (Å²) in [5.41, 5.74) is 2.08. The molecule has 2 N–H and O–H groups in total. The molecule has 0 spiro atoms. The van der Waals surface area contributed by atoms with Crippen LogP contribution in [0.4, 0.5) is 10.1 Å². The molecule has 0 unspecified atom stereocenters. The van der Waals surface area contributed by atoms with E-state index in [1.165, 1.54) is 17.3 Å². The number of amides is 1. The lowest BCUT2D eigenvalue weighted by Gasteiger charge is -2.19. The molecule has 8 heteroatoms. The van der Waals surface area contributed by atoms with Gasteiger partial charge in [-0.25, -0.2) is 12.8 Å². The highest BCUT2D eigenvalue weighted by Gasteiger charge is 2.34. The van der Waals surface area contributed by atoms with Crippen molar-refractivity contribution in [3.63, 3.8) is 0 Å². The van der Waals surface area contributed by atoms with E-state index in [1.54, 1.807) is 0 Å². The summed E-state index contributed by atoms with van der Waals surface area (Å²) in [4.78, 5) is 11.0. The Balaban J connectivity index is 1.88. The number of rotatable bonds is 3. The first-order valence-corrected chi connectivity index (χ1v) is 8.30. The predicted octanol–water partition coefficient (Wildman–Crippen LogP) is 0.688. The van der Waals surface area contributed by atoms with Crippen molar-refractivity contribution in [2.75, 3.05) is 31.5 Å². The minimum atomic E-state index is -3.71. The van der Waals surface area contributed by atoms with E-state index in [0.29, 0.717) is 26.2 Å². The fourth-order valence-corrected chi connectivity index (χ4v) is 4.16. The molecule has 2 aliphatic heterocycles. The van der Waals surface area contributed by atoms with E-state index in [-0.39, 0.29) is 10.6 Å². The van der Waals surface area contributed by atoms with Gasteiger partial charge in [0.1, 0.15) is 5.82 Å². The van der Waals surface area contributed by atoms with Crippen LogP contribution in [-0.2, 0) is 14.8 Å². The first kappa shape index (κ1) is 15.1. The van der Waals surface area contributed by atoms with Gasteiger partial charge in [0.05, 0.1) is 10.6 Å². The summed E-state index contributed by atoms with van der Waals surface area (Å²) in [7, 11) is -3.71. The Morgan fingerprint density at radius 2 is 1.91 bits per heavy atom. The van der Waals surface area contributed by atoms with Gasteiger partial charge >= 0.3 is 0 Å². The van der Waals surface area contributed by atoms with E-state index in [2.05, 4.69) is 10.6 Å². The SMILES string of the molecule is CC(=O)Nc1cc(S(=O)(=O)N2CC3=C(CNC3)C2)ccc1F. The summed E-state index contributed by atoms with van der Waals surface area (Å²) in [6, 6.07) is 3.43. The molecular formula is C14H16FN3O3S. The van der Waals surface area contributed by atoms with E-state index in [1.807, 2.05) is 0 Å². The second-order valence-corrected chi connectivity index (χ2v) is 7.34. The van der Waals surface area contributed by atoms with Crippen LogP contribution in [0.15, 0.2) is 34.2 Å². The topological polar surface area (TPSA) is 78.5 Å². The number of nitrogens with zero attached hydrogens (tertiary/aromatic N) is 1. The lowest BCUT2D eigenvalue weighted by atomic mass is 10.2. The zero-order chi connectivity index (χ0) is 15.9. The molecule has 0 saturated heterocycles. The molecule has 6 nitrogen and oxygen atoms in total. The van der Waals surface area contributed by atoms with E-state index in [9.17, 15) is 17.6 Å². The third-order valence-corrected chi connectivity index (χ3v) is 5.59. The molecule has 0 fully saturated rings. The van der Waals surface area contributed by atoms with Crippen molar-refractivity contribution in [1.82, 2.24) is 9.62 Å². The van der Waals surface area contributed by atoms with Crippen LogP contribution in [0.25, 0.3) is 0 Å². The van der Waals surface area contributed by atoms with Crippen molar-refractivity contribution in [1.29, 1.82) is 0 Å². The largest absolute Gasteiger partial charge is 0.324 e. The second-order valence-electron chi connectivity index (χ2n) is 5.41. The Morgan fingerprint density at radius 1 is 1.27 bits per heavy atom. The van der Waals surface area contributed by atoms with Gasteiger partial charge in [0, 0.05) is 33.1 Å². The Bertz CT molecular complexity index is 758. The molecule has 0 aliphatic carbocycles. The molecule has 2 aliphatic rings. The quantitative estimate of drug-likeness (QED) is 0.802. The average molecular weight is 325 g/mol. The highest BCUT2D eigenvalue weighted by Crippen LogP contribution is 2.28. The molecule has 0 atom stereocenters. The van der Waals surface area contributed by atoms with Crippen LogP contribution >= 0.6 is 0 Å². The fourth-order valence-electron chi connectivity index (χ4n) is 2.70. The normalized spacial score (nSPS) is 18.6. The van der Waals surface area contributed by atoms with Crippen molar-refractivity contribution in [2.45, 2.75) is 11.8 Å². The molecule has 22 heavy (non-hydrogen) atoms. The first-order valence-electron chi connectivity index (χ1n) is 6.85. The number of benzene rings is 1. The molecule has 118 valence electrons. The predicted molar refractivity (Wildman–Crippen MR) is 79.4 cm³/mol. The van der Waals surface area contributed by atoms with Crippen LogP contribution in [0.1, 0.15) is 6.92 Å². The number of nitrogens with one attached hydrogen (secondary N) is 2. The summed E-state index contributed by atoms with van der Waals surface area (Å²) < 4.78 is 40.3. The summed E-state index contributed by atoms with van der Waals surface area (Å²) in [6.45, 7) is 3.38. The Kier molecular flexibility index (Phi) is 3.75. The number of carbonyl (C=O) groups excluding carboxylic acids is 1. The highest BCUT2D eigenvalue weighted by molar-refractivity contribution is 7.89. The van der Waals surface area contributed by atoms with Gasteiger partial charge < -0.3 is 10.6 Å². The molecule has 0 saturated carbocycles. The van der Waals surface area contributed by atoms with E-state index < -0.39 is 21.7 Å². The third kappa shape index (κ3) is 2.65.